The zero-order valence-electron chi connectivity index (χ0n) is 10.4. The summed E-state index contributed by atoms with van der Waals surface area (Å²) in [4.78, 5) is 8.20. The lowest BCUT2D eigenvalue weighted by Gasteiger charge is -1.97. The molecule has 0 spiro atoms. The normalized spacial score (nSPS) is 10.6. The van der Waals surface area contributed by atoms with Crippen molar-refractivity contribution in [3.63, 3.8) is 0 Å². The Morgan fingerprint density at radius 3 is 2.60 bits per heavy atom. The Kier molecular flexibility index (Phi) is 3.04. The van der Waals surface area contributed by atoms with Crippen LogP contribution in [0.3, 0.4) is 0 Å². The van der Waals surface area contributed by atoms with Crippen LogP contribution in [0.15, 0.2) is 47.1 Å². The van der Waals surface area contributed by atoms with Gasteiger partial charge in [-0.05, 0) is 29.8 Å². The highest BCUT2D eigenvalue weighted by Gasteiger charge is 2.14. The van der Waals surface area contributed by atoms with Crippen molar-refractivity contribution in [3.05, 3.63) is 54.0 Å². The second kappa shape index (κ2) is 5.00. The lowest BCUT2D eigenvalue weighted by atomic mass is 10.1. The summed E-state index contributed by atoms with van der Waals surface area (Å²) in [6.07, 6.45) is 2.01. The second-order valence-corrected chi connectivity index (χ2v) is 4.23. The highest BCUT2D eigenvalue weighted by molar-refractivity contribution is 5.55. The number of aromatic hydroxyl groups is 2. The van der Waals surface area contributed by atoms with Crippen molar-refractivity contribution in [2.24, 2.45) is 0 Å². The number of aromatic nitrogens is 3. The van der Waals surface area contributed by atoms with Crippen molar-refractivity contribution in [3.8, 4) is 23.1 Å². The topological polar surface area (TPSA) is 92.3 Å². The Balaban J connectivity index is 1.84. The van der Waals surface area contributed by atoms with Gasteiger partial charge in [-0.2, -0.15) is 4.98 Å². The number of rotatable bonds is 3. The first-order valence-corrected chi connectivity index (χ1v) is 5.97. The van der Waals surface area contributed by atoms with E-state index in [1.807, 2.05) is 0 Å². The van der Waals surface area contributed by atoms with E-state index >= 15 is 0 Å². The van der Waals surface area contributed by atoms with E-state index in [0.29, 0.717) is 12.2 Å². The van der Waals surface area contributed by atoms with E-state index in [0.717, 1.165) is 5.56 Å². The van der Waals surface area contributed by atoms with E-state index < -0.39 is 0 Å². The lowest BCUT2D eigenvalue weighted by Crippen LogP contribution is -1.90. The second-order valence-electron chi connectivity index (χ2n) is 4.23. The molecule has 0 aliphatic carbocycles. The number of hydrogen-bond acceptors (Lipinski definition) is 6. The molecule has 0 atom stereocenters. The first-order chi connectivity index (χ1) is 9.72. The summed E-state index contributed by atoms with van der Waals surface area (Å²) in [5, 5.41) is 22.7. The molecule has 0 saturated carbocycles. The van der Waals surface area contributed by atoms with Gasteiger partial charge in [0.1, 0.15) is 11.5 Å². The van der Waals surface area contributed by atoms with Crippen LogP contribution in [0.2, 0.25) is 0 Å². The third-order valence-electron chi connectivity index (χ3n) is 2.76. The molecular formula is C14H11N3O3. The molecule has 0 bridgehead atoms. The maximum atomic E-state index is 9.68. The quantitative estimate of drug-likeness (QED) is 0.756. The summed E-state index contributed by atoms with van der Waals surface area (Å²) in [6.45, 7) is 0. The number of phenols is 1. The molecule has 6 nitrogen and oxygen atoms in total. The summed E-state index contributed by atoms with van der Waals surface area (Å²) in [5.41, 5.74) is 1.21. The smallest absolute Gasteiger partial charge is 0.280 e. The zero-order chi connectivity index (χ0) is 13.9. The number of nitrogens with zero attached hydrogens (tertiary/aromatic N) is 3. The fourth-order valence-corrected chi connectivity index (χ4v) is 1.78. The summed E-state index contributed by atoms with van der Waals surface area (Å²) in [7, 11) is 0. The van der Waals surface area contributed by atoms with Crippen molar-refractivity contribution < 1.29 is 14.7 Å². The maximum absolute atomic E-state index is 9.68. The Morgan fingerprint density at radius 1 is 1.05 bits per heavy atom. The van der Waals surface area contributed by atoms with Crippen LogP contribution in [0.4, 0.5) is 0 Å². The van der Waals surface area contributed by atoms with Crippen molar-refractivity contribution in [2.45, 2.75) is 6.42 Å². The average Bonchev–Trinajstić information content (AvgIpc) is 2.90. The standard InChI is InChI=1S/C14H11N3O3/c18-10-5-3-9(4-6-10)8-12-16-14(20-17-12)13-11(19)2-1-7-15-13/h1-7,18-19H,8H2. The van der Waals surface area contributed by atoms with Gasteiger partial charge in [0.25, 0.3) is 5.89 Å². The Morgan fingerprint density at radius 2 is 1.85 bits per heavy atom. The number of hydrogen-bond donors (Lipinski definition) is 2. The molecule has 0 fully saturated rings. The first-order valence-electron chi connectivity index (χ1n) is 5.97. The molecule has 2 N–H and O–H groups in total. The molecule has 1 aromatic carbocycles. The molecule has 3 aromatic rings. The number of benzene rings is 1. The molecular weight excluding hydrogens is 258 g/mol. The Labute approximate surface area is 114 Å². The van der Waals surface area contributed by atoms with Crippen molar-refractivity contribution >= 4 is 0 Å². The van der Waals surface area contributed by atoms with Gasteiger partial charge >= 0.3 is 0 Å². The zero-order valence-corrected chi connectivity index (χ0v) is 10.4. The van der Waals surface area contributed by atoms with Crippen LogP contribution in [-0.2, 0) is 6.42 Å². The van der Waals surface area contributed by atoms with Crippen molar-refractivity contribution in [1.29, 1.82) is 0 Å². The van der Waals surface area contributed by atoms with E-state index in [2.05, 4.69) is 15.1 Å². The van der Waals surface area contributed by atoms with E-state index in [9.17, 15) is 10.2 Å². The van der Waals surface area contributed by atoms with Crippen molar-refractivity contribution in [1.82, 2.24) is 15.1 Å². The minimum atomic E-state index is -0.00710. The molecule has 2 heterocycles. The third-order valence-corrected chi connectivity index (χ3v) is 2.76. The molecule has 6 heteroatoms. The van der Waals surface area contributed by atoms with E-state index in [-0.39, 0.29) is 23.1 Å². The van der Waals surface area contributed by atoms with E-state index in [1.165, 1.54) is 6.07 Å². The van der Waals surface area contributed by atoms with Gasteiger partial charge in [-0.15, -0.1) is 0 Å². The Bertz CT molecular complexity index is 723. The predicted octanol–water partition coefficient (Wildman–Crippen LogP) is 2.13. The van der Waals surface area contributed by atoms with E-state index in [1.54, 1.807) is 36.5 Å². The molecule has 0 radical (unpaired) electrons. The SMILES string of the molecule is Oc1ccc(Cc2noc(-c3ncccc3O)n2)cc1. The minimum absolute atomic E-state index is 0.00710. The fourth-order valence-electron chi connectivity index (χ4n) is 1.78. The summed E-state index contributed by atoms with van der Waals surface area (Å²) in [6, 6.07) is 9.88. The predicted molar refractivity (Wildman–Crippen MR) is 70.1 cm³/mol. The van der Waals surface area contributed by atoms with Crippen LogP contribution in [0.5, 0.6) is 11.5 Å². The van der Waals surface area contributed by atoms with Crippen LogP contribution >= 0.6 is 0 Å². The first kappa shape index (κ1) is 12.2. The van der Waals surface area contributed by atoms with Gasteiger partial charge in [0.2, 0.25) is 0 Å². The van der Waals surface area contributed by atoms with Crippen LogP contribution < -0.4 is 0 Å². The average molecular weight is 269 g/mol. The van der Waals surface area contributed by atoms with Crippen LogP contribution in [0.25, 0.3) is 11.6 Å². The molecule has 0 aliphatic heterocycles. The van der Waals surface area contributed by atoms with Gasteiger partial charge in [0.15, 0.2) is 11.5 Å². The third kappa shape index (κ3) is 2.44. The van der Waals surface area contributed by atoms with Gasteiger partial charge in [0.05, 0.1) is 0 Å². The van der Waals surface area contributed by atoms with Crippen LogP contribution in [-0.4, -0.2) is 25.3 Å². The number of phenolic OH excluding ortho intramolecular Hbond substituents is 1. The summed E-state index contributed by atoms with van der Waals surface area (Å²) < 4.78 is 5.09. The molecule has 0 unspecified atom stereocenters. The molecule has 20 heavy (non-hydrogen) atoms. The molecule has 0 amide bonds. The summed E-state index contributed by atoms with van der Waals surface area (Å²) in [5.74, 6) is 0.862. The van der Waals surface area contributed by atoms with Crippen molar-refractivity contribution in [2.75, 3.05) is 0 Å². The van der Waals surface area contributed by atoms with Crippen LogP contribution in [0.1, 0.15) is 11.4 Å². The molecule has 100 valence electrons. The van der Waals surface area contributed by atoms with Gasteiger partial charge in [-0.1, -0.05) is 17.3 Å². The largest absolute Gasteiger partial charge is 0.508 e. The molecule has 3 rings (SSSR count). The lowest BCUT2D eigenvalue weighted by molar-refractivity contribution is 0.416. The van der Waals surface area contributed by atoms with Crippen LogP contribution in [0, 0.1) is 0 Å². The monoisotopic (exact) mass is 269 g/mol. The van der Waals surface area contributed by atoms with E-state index in [4.69, 9.17) is 4.52 Å². The highest BCUT2D eigenvalue weighted by Crippen LogP contribution is 2.24. The molecule has 2 aromatic heterocycles. The van der Waals surface area contributed by atoms with Gasteiger partial charge in [0, 0.05) is 12.6 Å². The Hall–Kier alpha value is -2.89. The molecule has 0 saturated heterocycles. The fraction of sp³-hybridized carbons (Fsp3) is 0.0714. The maximum Gasteiger partial charge on any atom is 0.280 e. The number of pyridine rings is 1. The van der Waals surface area contributed by atoms with Gasteiger partial charge in [-0.25, -0.2) is 4.98 Å². The minimum Gasteiger partial charge on any atom is -0.508 e. The van der Waals surface area contributed by atoms with Gasteiger partial charge in [-0.3, -0.25) is 0 Å². The highest BCUT2D eigenvalue weighted by atomic mass is 16.5. The summed E-state index contributed by atoms with van der Waals surface area (Å²) >= 11 is 0. The molecule has 0 aliphatic rings. The van der Waals surface area contributed by atoms with Gasteiger partial charge < -0.3 is 14.7 Å².